The van der Waals surface area contributed by atoms with Gasteiger partial charge in [-0.1, -0.05) is 24.3 Å². The largest absolute Gasteiger partial charge is 0.392 e. The second-order valence-corrected chi connectivity index (χ2v) is 4.45. The van der Waals surface area contributed by atoms with Gasteiger partial charge in [-0.2, -0.15) is 5.10 Å². The van der Waals surface area contributed by atoms with Crippen LogP contribution in [0.5, 0.6) is 0 Å². The molecule has 0 unspecified atom stereocenters. The molecule has 0 aliphatic heterocycles. The number of aliphatic hydroxyl groups excluding tert-OH is 1. The Bertz CT molecular complexity index is 492. The van der Waals surface area contributed by atoms with E-state index in [1.807, 2.05) is 31.3 Å². The van der Waals surface area contributed by atoms with Gasteiger partial charge in [-0.3, -0.25) is 9.58 Å². The van der Waals surface area contributed by atoms with Crippen molar-refractivity contribution in [2.75, 3.05) is 7.05 Å². The van der Waals surface area contributed by atoms with Gasteiger partial charge < -0.3 is 5.11 Å². The molecule has 1 aromatic heterocycles. The highest BCUT2D eigenvalue weighted by Gasteiger charge is 2.06. The molecule has 5 nitrogen and oxygen atoms in total. The molecule has 2 aromatic rings. The third kappa shape index (κ3) is 3.15. The molecule has 0 aliphatic rings. The molecular formula is C13H18N4O. The number of benzene rings is 1. The molecule has 0 spiro atoms. The van der Waals surface area contributed by atoms with Gasteiger partial charge in [0, 0.05) is 13.6 Å². The fourth-order valence-electron chi connectivity index (χ4n) is 1.82. The molecule has 1 aromatic carbocycles. The quantitative estimate of drug-likeness (QED) is 0.853. The van der Waals surface area contributed by atoms with Gasteiger partial charge in [0.25, 0.3) is 0 Å². The zero-order valence-corrected chi connectivity index (χ0v) is 10.7. The number of aromatic nitrogens is 3. The molecule has 0 radical (unpaired) electrons. The summed E-state index contributed by atoms with van der Waals surface area (Å²) in [5, 5.41) is 13.0. The van der Waals surface area contributed by atoms with Crippen molar-refractivity contribution in [2.24, 2.45) is 7.05 Å². The summed E-state index contributed by atoms with van der Waals surface area (Å²) >= 11 is 0. The SMILES string of the molecule is CN(Cc1ccc(CO)cc1)Cc1ncnn1C. The predicted octanol–water partition coefficient (Wildman–Crippen LogP) is 0.939. The van der Waals surface area contributed by atoms with Crippen LogP contribution in [-0.2, 0) is 26.7 Å². The average Bonchev–Trinajstić information content (AvgIpc) is 2.76. The summed E-state index contributed by atoms with van der Waals surface area (Å²) in [6.45, 7) is 1.70. The standard InChI is InChI=1S/C13H18N4O/c1-16(8-13-14-10-15-17(13)2)7-11-3-5-12(9-18)6-4-11/h3-6,10,18H,7-9H2,1-2H3. The van der Waals surface area contributed by atoms with E-state index in [9.17, 15) is 0 Å². The number of nitrogens with zero attached hydrogens (tertiary/aromatic N) is 4. The Morgan fingerprint density at radius 2 is 1.83 bits per heavy atom. The molecule has 0 saturated heterocycles. The van der Waals surface area contributed by atoms with E-state index in [1.54, 1.807) is 11.0 Å². The van der Waals surface area contributed by atoms with Gasteiger partial charge in [0.15, 0.2) is 0 Å². The zero-order chi connectivity index (χ0) is 13.0. The molecule has 0 atom stereocenters. The van der Waals surface area contributed by atoms with Crippen molar-refractivity contribution in [3.63, 3.8) is 0 Å². The third-order valence-electron chi connectivity index (χ3n) is 2.87. The minimum atomic E-state index is 0.0923. The summed E-state index contributed by atoms with van der Waals surface area (Å²) < 4.78 is 1.78. The molecule has 0 bridgehead atoms. The van der Waals surface area contributed by atoms with Gasteiger partial charge in [-0.05, 0) is 18.2 Å². The van der Waals surface area contributed by atoms with Crippen LogP contribution in [0.3, 0.4) is 0 Å². The Hall–Kier alpha value is -1.72. The maximum atomic E-state index is 8.98. The van der Waals surface area contributed by atoms with Crippen LogP contribution in [0.1, 0.15) is 17.0 Å². The van der Waals surface area contributed by atoms with Gasteiger partial charge in [0.05, 0.1) is 13.2 Å². The highest BCUT2D eigenvalue weighted by atomic mass is 16.3. The summed E-state index contributed by atoms with van der Waals surface area (Å²) in [7, 11) is 3.95. The summed E-state index contributed by atoms with van der Waals surface area (Å²) in [6, 6.07) is 7.98. The van der Waals surface area contributed by atoms with Crippen LogP contribution in [0.25, 0.3) is 0 Å². The second-order valence-electron chi connectivity index (χ2n) is 4.45. The predicted molar refractivity (Wildman–Crippen MR) is 68.5 cm³/mol. The minimum Gasteiger partial charge on any atom is -0.392 e. The number of aliphatic hydroxyl groups is 1. The minimum absolute atomic E-state index is 0.0923. The highest BCUT2D eigenvalue weighted by molar-refractivity contribution is 5.21. The lowest BCUT2D eigenvalue weighted by molar-refractivity contribution is 0.281. The Morgan fingerprint density at radius 3 is 2.39 bits per heavy atom. The summed E-state index contributed by atoms with van der Waals surface area (Å²) in [5.74, 6) is 0.949. The van der Waals surface area contributed by atoms with E-state index in [4.69, 9.17) is 5.11 Å². The molecule has 18 heavy (non-hydrogen) atoms. The maximum absolute atomic E-state index is 8.98. The number of hydrogen-bond acceptors (Lipinski definition) is 4. The van der Waals surface area contributed by atoms with Crippen molar-refractivity contribution in [2.45, 2.75) is 19.7 Å². The van der Waals surface area contributed by atoms with Gasteiger partial charge in [-0.25, -0.2) is 4.98 Å². The van der Waals surface area contributed by atoms with E-state index in [0.29, 0.717) is 0 Å². The molecular weight excluding hydrogens is 228 g/mol. The van der Waals surface area contributed by atoms with E-state index in [1.165, 1.54) is 5.56 Å². The first-order valence-electron chi connectivity index (χ1n) is 5.89. The van der Waals surface area contributed by atoms with Crippen LogP contribution in [0.15, 0.2) is 30.6 Å². The van der Waals surface area contributed by atoms with Crippen molar-refractivity contribution in [1.82, 2.24) is 19.7 Å². The smallest absolute Gasteiger partial charge is 0.140 e. The van der Waals surface area contributed by atoms with Crippen LogP contribution in [-0.4, -0.2) is 31.8 Å². The maximum Gasteiger partial charge on any atom is 0.140 e. The molecule has 0 amide bonds. The Morgan fingerprint density at radius 1 is 1.17 bits per heavy atom. The lowest BCUT2D eigenvalue weighted by Gasteiger charge is -2.16. The van der Waals surface area contributed by atoms with E-state index in [-0.39, 0.29) is 6.61 Å². The van der Waals surface area contributed by atoms with Crippen molar-refractivity contribution < 1.29 is 5.11 Å². The van der Waals surface area contributed by atoms with Gasteiger partial charge in [-0.15, -0.1) is 0 Å². The first kappa shape index (κ1) is 12.7. The number of aryl methyl sites for hydroxylation is 1. The van der Waals surface area contributed by atoms with Crippen molar-refractivity contribution >= 4 is 0 Å². The molecule has 1 N–H and O–H groups in total. The molecule has 0 aliphatic carbocycles. The van der Waals surface area contributed by atoms with Crippen LogP contribution in [0.4, 0.5) is 0 Å². The monoisotopic (exact) mass is 246 g/mol. The third-order valence-corrected chi connectivity index (χ3v) is 2.87. The van der Waals surface area contributed by atoms with E-state index < -0.39 is 0 Å². The first-order valence-corrected chi connectivity index (χ1v) is 5.89. The van der Waals surface area contributed by atoms with E-state index in [0.717, 1.165) is 24.5 Å². The molecule has 0 fully saturated rings. The van der Waals surface area contributed by atoms with Crippen LogP contribution >= 0.6 is 0 Å². The molecule has 0 saturated carbocycles. The lowest BCUT2D eigenvalue weighted by Crippen LogP contribution is -2.19. The van der Waals surface area contributed by atoms with Gasteiger partial charge >= 0.3 is 0 Å². The Balaban J connectivity index is 1.94. The Labute approximate surface area is 107 Å². The van der Waals surface area contributed by atoms with Crippen molar-refractivity contribution in [3.05, 3.63) is 47.5 Å². The molecule has 2 rings (SSSR count). The summed E-state index contributed by atoms with van der Waals surface area (Å²) in [6.07, 6.45) is 1.57. The Kier molecular flexibility index (Phi) is 4.07. The number of rotatable bonds is 5. The highest BCUT2D eigenvalue weighted by Crippen LogP contribution is 2.08. The van der Waals surface area contributed by atoms with Crippen LogP contribution < -0.4 is 0 Å². The lowest BCUT2D eigenvalue weighted by atomic mass is 10.1. The first-order chi connectivity index (χ1) is 8.69. The second kappa shape index (κ2) is 5.75. The average molecular weight is 246 g/mol. The van der Waals surface area contributed by atoms with E-state index >= 15 is 0 Å². The number of hydrogen-bond donors (Lipinski definition) is 1. The topological polar surface area (TPSA) is 54.2 Å². The summed E-state index contributed by atoms with van der Waals surface area (Å²) in [5.41, 5.74) is 2.16. The molecule has 96 valence electrons. The van der Waals surface area contributed by atoms with Crippen molar-refractivity contribution in [1.29, 1.82) is 0 Å². The molecule has 1 heterocycles. The summed E-state index contributed by atoms with van der Waals surface area (Å²) in [4.78, 5) is 6.38. The molecule has 5 heteroatoms. The van der Waals surface area contributed by atoms with Crippen molar-refractivity contribution in [3.8, 4) is 0 Å². The van der Waals surface area contributed by atoms with Gasteiger partial charge in [0.1, 0.15) is 12.2 Å². The van der Waals surface area contributed by atoms with Gasteiger partial charge in [0.2, 0.25) is 0 Å². The fraction of sp³-hybridized carbons (Fsp3) is 0.385. The van der Waals surface area contributed by atoms with Crippen LogP contribution in [0.2, 0.25) is 0 Å². The zero-order valence-electron chi connectivity index (χ0n) is 10.7. The fourth-order valence-corrected chi connectivity index (χ4v) is 1.82. The normalized spacial score (nSPS) is 11.1. The van der Waals surface area contributed by atoms with E-state index in [2.05, 4.69) is 22.0 Å². The van der Waals surface area contributed by atoms with Crippen LogP contribution in [0, 0.1) is 0 Å².